The molecule has 0 amide bonds. The van der Waals surface area contributed by atoms with Crippen molar-refractivity contribution in [1.29, 1.82) is 0 Å². The van der Waals surface area contributed by atoms with Crippen molar-refractivity contribution in [3.05, 3.63) is 30.1 Å². The highest BCUT2D eigenvalue weighted by Gasteiger charge is 2.28. The summed E-state index contributed by atoms with van der Waals surface area (Å²) in [6.45, 7) is 4.59. The molecule has 0 aliphatic heterocycles. The molecule has 0 fully saturated rings. The van der Waals surface area contributed by atoms with Crippen molar-refractivity contribution in [3.63, 3.8) is 0 Å². The first-order valence-corrected chi connectivity index (χ1v) is 6.26. The minimum Gasteiger partial charge on any atom is -0.481 e. The minimum absolute atomic E-state index is 0.402. The van der Waals surface area contributed by atoms with Crippen LogP contribution in [0.15, 0.2) is 24.5 Å². The molecule has 2 N–H and O–H groups in total. The first-order chi connectivity index (χ1) is 8.95. The van der Waals surface area contributed by atoms with E-state index in [1.807, 2.05) is 29.9 Å². The number of carboxylic acids is 1. The third-order valence-electron chi connectivity index (χ3n) is 3.23. The quantitative estimate of drug-likeness (QED) is 0.862. The highest BCUT2D eigenvalue weighted by Crippen LogP contribution is 2.25. The Kier molecular flexibility index (Phi) is 3.57. The van der Waals surface area contributed by atoms with E-state index >= 15 is 0 Å². The van der Waals surface area contributed by atoms with Crippen molar-refractivity contribution in [2.24, 2.45) is 5.41 Å². The van der Waals surface area contributed by atoms with Gasteiger partial charge in [-0.2, -0.15) is 0 Å². The van der Waals surface area contributed by atoms with Crippen molar-refractivity contribution in [2.75, 3.05) is 7.05 Å². The lowest BCUT2D eigenvalue weighted by atomic mass is 9.94. The van der Waals surface area contributed by atoms with Crippen LogP contribution in [-0.2, 0) is 17.9 Å². The van der Waals surface area contributed by atoms with Crippen molar-refractivity contribution < 1.29 is 9.90 Å². The summed E-state index contributed by atoms with van der Waals surface area (Å²) in [6.07, 6.45) is 3.72. The van der Waals surface area contributed by atoms with E-state index in [-0.39, 0.29) is 0 Å². The molecule has 5 nitrogen and oxygen atoms in total. The molecule has 0 unspecified atom stereocenters. The largest absolute Gasteiger partial charge is 0.481 e. The molecule has 0 saturated carbocycles. The number of aliphatic carboxylic acids is 1. The van der Waals surface area contributed by atoms with Gasteiger partial charge in [-0.3, -0.25) is 4.79 Å². The van der Waals surface area contributed by atoms with E-state index < -0.39 is 11.4 Å². The second-order valence-electron chi connectivity index (χ2n) is 5.38. The third-order valence-corrected chi connectivity index (χ3v) is 3.23. The van der Waals surface area contributed by atoms with Gasteiger partial charge in [0.25, 0.3) is 0 Å². The van der Waals surface area contributed by atoms with E-state index in [4.69, 9.17) is 0 Å². The van der Waals surface area contributed by atoms with Crippen LogP contribution in [0.25, 0.3) is 11.0 Å². The highest BCUT2D eigenvalue weighted by molar-refractivity contribution is 5.81. The lowest BCUT2D eigenvalue weighted by molar-refractivity contribution is -0.147. The molecule has 0 saturated heterocycles. The van der Waals surface area contributed by atoms with Crippen LogP contribution < -0.4 is 5.32 Å². The van der Waals surface area contributed by atoms with Gasteiger partial charge in [-0.1, -0.05) is 0 Å². The maximum Gasteiger partial charge on any atom is 0.310 e. The second kappa shape index (κ2) is 5.01. The number of pyridine rings is 1. The van der Waals surface area contributed by atoms with Crippen molar-refractivity contribution >= 4 is 17.0 Å². The highest BCUT2D eigenvalue weighted by atomic mass is 16.4. The van der Waals surface area contributed by atoms with E-state index in [1.54, 1.807) is 20.0 Å². The van der Waals surface area contributed by atoms with Crippen LogP contribution in [0.4, 0.5) is 0 Å². The smallest absolute Gasteiger partial charge is 0.310 e. The predicted molar refractivity (Wildman–Crippen MR) is 73.9 cm³/mol. The summed E-state index contributed by atoms with van der Waals surface area (Å²) in [5.41, 5.74) is 1.15. The van der Waals surface area contributed by atoms with Crippen molar-refractivity contribution in [3.8, 4) is 0 Å². The van der Waals surface area contributed by atoms with Gasteiger partial charge in [-0.25, -0.2) is 4.98 Å². The fourth-order valence-corrected chi connectivity index (χ4v) is 2.14. The van der Waals surface area contributed by atoms with Gasteiger partial charge in [-0.15, -0.1) is 0 Å². The maximum absolute atomic E-state index is 11.2. The lowest BCUT2D eigenvalue weighted by Crippen LogP contribution is -2.29. The zero-order valence-electron chi connectivity index (χ0n) is 11.5. The Morgan fingerprint density at radius 2 is 2.26 bits per heavy atom. The third kappa shape index (κ3) is 2.61. The molecule has 19 heavy (non-hydrogen) atoms. The molecule has 102 valence electrons. The van der Waals surface area contributed by atoms with Crippen LogP contribution in [0.1, 0.15) is 19.4 Å². The van der Waals surface area contributed by atoms with Gasteiger partial charge in [0.1, 0.15) is 5.65 Å². The molecule has 0 aliphatic rings. The van der Waals surface area contributed by atoms with Gasteiger partial charge in [0, 0.05) is 30.9 Å². The number of carbonyl (C=O) groups is 1. The average Bonchev–Trinajstić information content (AvgIpc) is 2.68. The van der Waals surface area contributed by atoms with Gasteiger partial charge in [0.05, 0.1) is 5.41 Å². The fraction of sp³-hybridized carbons (Fsp3) is 0.429. The summed E-state index contributed by atoms with van der Waals surface area (Å²) in [6, 6.07) is 3.91. The Labute approximate surface area is 112 Å². The van der Waals surface area contributed by atoms with E-state index in [1.165, 1.54) is 0 Å². The minimum atomic E-state index is -0.819. The van der Waals surface area contributed by atoms with Crippen molar-refractivity contribution in [2.45, 2.75) is 26.9 Å². The number of nitrogens with zero attached hydrogens (tertiary/aromatic N) is 2. The molecule has 0 radical (unpaired) electrons. The van der Waals surface area contributed by atoms with Gasteiger partial charge in [-0.05, 0) is 38.6 Å². The van der Waals surface area contributed by atoms with E-state index in [9.17, 15) is 9.90 Å². The van der Waals surface area contributed by atoms with Crippen LogP contribution in [0.5, 0.6) is 0 Å². The molecule has 5 heteroatoms. The summed E-state index contributed by atoms with van der Waals surface area (Å²) in [7, 11) is 1.89. The number of rotatable bonds is 5. The standard InChI is InChI=1S/C14H19N3O2/c1-14(2,13(18)19)9-17-8-10(7-15-3)11-5-4-6-16-12(11)17/h4-6,8,15H,7,9H2,1-3H3,(H,18,19). The Balaban J connectivity index is 2.46. The van der Waals surface area contributed by atoms with Crippen LogP contribution in [0, 0.1) is 5.41 Å². The second-order valence-corrected chi connectivity index (χ2v) is 5.38. The van der Waals surface area contributed by atoms with Crippen molar-refractivity contribution in [1.82, 2.24) is 14.9 Å². The van der Waals surface area contributed by atoms with Crippen LogP contribution >= 0.6 is 0 Å². The fourth-order valence-electron chi connectivity index (χ4n) is 2.14. The van der Waals surface area contributed by atoms with Crippen LogP contribution in [0.2, 0.25) is 0 Å². The molecule has 2 aromatic rings. The molecule has 2 rings (SSSR count). The summed E-state index contributed by atoms with van der Waals surface area (Å²) in [4.78, 5) is 15.6. The lowest BCUT2D eigenvalue weighted by Gasteiger charge is -2.20. The summed E-state index contributed by atoms with van der Waals surface area (Å²) < 4.78 is 1.93. The van der Waals surface area contributed by atoms with Crippen LogP contribution in [-0.4, -0.2) is 27.7 Å². The van der Waals surface area contributed by atoms with Gasteiger partial charge >= 0.3 is 5.97 Å². The zero-order valence-corrected chi connectivity index (χ0v) is 11.5. The number of carboxylic acid groups (broad SMARTS) is 1. The molecule has 0 bridgehead atoms. The molecule has 0 atom stereocenters. The van der Waals surface area contributed by atoms with Gasteiger partial charge < -0.3 is 15.0 Å². The topological polar surface area (TPSA) is 67.2 Å². The summed E-state index contributed by atoms with van der Waals surface area (Å²) >= 11 is 0. The van der Waals surface area contributed by atoms with Crippen LogP contribution in [0.3, 0.4) is 0 Å². The Bertz CT molecular complexity index is 602. The Morgan fingerprint density at radius 1 is 1.53 bits per heavy atom. The molecule has 0 aliphatic carbocycles. The predicted octanol–water partition coefficient (Wildman–Crippen LogP) is 1.87. The Hall–Kier alpha value is -1.88. The van der Waals surface area contributed by atoms with E-state index in [0.717, 1.165) is 23.1 Å². The normalized spacial score (nSPS) is 11.9. The molecular weight excluding hydrogens is 242 g/mol. The van der Waals surface area contributed by atoms with E-state index in [2.05, 4.69) is 10.3 Å². The molecule has 0 aromatic carbocycles. The van der Waals surface area contributed by atoms with Gasteiger partial charge in [0.15, 0.2) is 0 Å². The number of nitrogens with one attached hydrogen (secondary N) is 1. The number of hydrogen-bond donors (Lipinski definition) is 2. The van der Waals surface area contributed by atoms with E-state index in [0.29, 0.717) is 6.54 Å². The molecule has 2 aromatic heterocycles. The number of hydrogen-bond acceptors (Lipinski definition) is 3. The SMILES string of the molecule is CNCc1cn(CC(C)(C)C(=O)O)c2ncccc12. The Morgan fingerprint density at radius 3 is 2.89 bits per heavy atom. The zero-order chi connectivity index (χ0) is 14.0. The first kappa shape index (κ1) is 13.5. The molecule has 2 heterocycles. The maximum atomic E-state index is 11.2. The molecule has 0 spiro atoms. The average molecular weight is 261 g/mol. The molecular formula is C14H19N3O2. The summed E-state index contributed by atoms with van der Waals surface area (Å²) in [5.74, 6) is -0.805. The summed E-state index contributed by atoms with van der Waals surface area (Å²) in [5, 5.41) is 13.4. The monoisotopic (exact) mass is 261 g/mol. The first-order valence-electron chi connectivity index (χ1n) is 6.26. The van der Waals surface area contributed by atoms with Gasteiger partial charge in [0.2, 0.25) is 0 Å². The number of fused-ring (bicyclic) bond motifs is 1. The number of aromatic nitrogens is 2.